The van der Waals surface area contributed by atoms with Gasteiger partial charge in [-0.05, 0) is 46.1 Å². The minimum atomic E-state index is -0.756. The Kier molecular flexibility index (Phi) is 5.27. The molecule has 2 aromatic carbocycles. The largest absolute Gasteiger partial charge is 0.452 e. The lowest BCUT2D eigenvalue weighted by Crippen LogP contribution is -2.49. The van der Waals surface area contributed by atoms with Gasteiger partial charge in [0, 0.05) is 6.07 Å². The third-order valence-electron chi connectivity index (χ3n) is 3.87. The summed E-state index contributed by atoms with van der Waals surface area (Å²) in [7, 11) is 0. The quantitative estimate of drug-likeness (QED) is 0.789. The van der Waals surface area contributed by atoms with Crippen LogP contribution in [0.3, 0.4) is 0 Å². The first-order chi connectivity index (χ1) is 11.9. The molecule has 2 N–H and O–H groups in total. The van der Waals surface area contributed by atoms with Crippen LogP contribution < -0.4 is 15.4 Å². The van der Waals surface area contributed by atoms with Gasteiger partial charge in [-0.3, -0.25) is 4.79 Å². The molecule has 1 aliphatic rings. The molecule has 1 heterocycles. The molecule has 1 amide bonds. The minimum Gasteiger partial charge on any atom is -0.452 e. The first kappa shape index (κ1) is 18.1. The number of halogens is 4. The monoisotopic (exact) mass is 430 g/mol. The molecule has 1 aliphatic heterocycles. The number of amides is 1. The van der Waals surface area contributed by atoms with E-state index in [4.69, 9.17) is 22.1 Å². The van der Waals surface area contributed by atoms with Crippen molar-refractivity contribution in [3.63, 3.8) is 0 Å². The van der Waals surface area contributed by atoms with Gasteiger partial charge in [-0.1, -0.05) is 17.7 Å². The molecular formula is C17H14BrClF2N2O2. The summed E-state index contributed by atoms with van der Waals surface area (Å²) in [6, 6.07) is 6.54. The van der Waals surface area contributed by atoms with Gasteiger partial charge in [0.1, 0.15) is 18.2 Å². The van der Waals surface area contributed by atoms with Crippen molar-refractivity contribution in [2.24, 2.45) is 5.73 Å². The molecule has 0 saturated heterocycles. The number of hydrogen-bond donors (Lipinski definition) is 1. The van der Waals surface area contributed by atoms with E-state index in [1.807, 2.05) is 0 Å². The van der Waals surface area contributed by atoms with Gasteiger partial charge >= 0.3 is 0 Å². The lowest BCUT2D eigenvalue weighted by atomic mass is 9.97. The van der Waals surface area contributed by atoms with E-state index in [1.54, 1.807) is 12.1 Å². The number of hydrogen-bond acceptors (Lipinski definition) is 3. The van der Waals surface area contributed by atoms with Crippen LogP contribution in [0.25, 0.3) is 0 Å². The topological polar surface area (TPSA) is 55.6 Å². The second-order valence-corrected chi connectivity index (χ2v) is 6.81. The number of rotatable bonds is 4. The average molecular weight is 432 g/mol. The van der Waals surface area contributed by atoms with Crippen LogP contribution in [-0.4, -0.2) is 25.2 Å². The number of fused-ring (bicyclic) bond motifs is 1. The minimum absolute atomic E-state index is 0.166. The molecular weight excluding hydrogens is 418 g/mol. The van der Waals surface area contributed by atoms with Crippen LogP contribution in [0.1, 0.15) is 5.56 Å². The zero-order valence-corrected chi connectivity index (χ0v) is 15.3. The Morgan fingerprint density at radius 1 is 1.36 bits per heavy atom. The summed E-state index contributed by atoms with van der Waals surface area (Å²) in [6.45, 7) is -0.909. The van der Waals surface area contributed by atoms with Gasteiger partial charge in [0.25, 0.3) is 0 Å². The van der Waals surface area contributed by atoms with Crippen LogP contribution in [0.15, 0.2) is 34.8 Å². The van der Waals surface area contributed by atoms with Crippen molar-refractivity contribution in [3.05, 3.63) is 51.2 Å². The van der Waals surface area contributed by atoms with Crippen LogP contribution in [0.2, 0.25) is 5.02 Å². The molecule has 0 aliphatic carbocycles. The number of ether oxygens (including phenoxy) is 1. The van der Waals surface area contributed by atoms with E-state index in [0.717, 1.165) is 0 Å². The zero-order chi connectivity index (χ0) is 18.1. The van der Waals surface area contributed by atoms with Gasteiger partial charge in [-0.25, -0.2) is 8.78 Å². The van der Waals surface area contributed by atoms with Crippen molar-refractivity contribution in [3.8, 4) is 11.5 Å². The Morgan fingerprint density at radius 3 is 2.84 bits per heavy atom. The summed E-state index contributed by atoms with van der Waals surface area (Å²) in [5.41, 5.74) is 6.94. The Balaban J connectivity index is 2.13. The molecule has 4 nitrogen and oxygen atoms in total. The second-order valence-electron chi connectivity index (χ2n) is 5.55. The van der Waals surface area contributed by atoms with E-state index < -0.39 is 24.4 Å². The number of benzene rings is 2. The molecule has 2 aromatic rings. The van der Waals surface area contributed by atoms with Crippen molar-refractivity contribution >= 4 is 39.1 Å². The molecule has 0 fully saturated rings. The standard InChI is InChI=1S/C17H14BrClF2N2O2/c18-11-3-2-10(21)8-14(11)25-16-12(19)4-1-9-7-13(22)17(24)23(6-5-20)15(9)16/h1-4,8,13H,5-7,22H2/t13-/m1/s1. The van der Waals surface area contributed by atoms with Crippen molar-refractivity contribution in [1.29, 1.82) is 0 Å². The normalized spacial score (nSPS) is 16.8. The molecule has 25 heavy (non-hydrogen) atoms. The molecule has 3 rings (SSSR count). The second kappa shape index (κ2) is 7.27. The number of carbonyl (C=O) groups excluding carboxylic acids is 1. The molecule has 0 unspecified atom stereocenters. The van der Waals surface area contributed by atoms with Gasteiger partial charge in [0.2, 0.25) is 5.91 Å². The van der Waals surface area contributed by atoms with Crippen molar-refractivity contribution in [2.75, 3.05) is 18.1 Å². The fraction of sp³-hybridized carbons (Fsp3) is 0.235. The van der Waals surface area contributed by atoms with E-state index in [-0.39, 0.29) is 29.5 Å². The number of nitrogens with two attached hydrogens (primary N) is 1. The van der Waals surface area contributed by atoms with E-state index in [9.17, 15) is 13.6 Å². The molecule has 0 radical (unpaired) electrons. The van der Waals surface area contributed by atoms with E-state index in [0.29, 0.717) is 15.7 Å². The molecule has 132 valence electrons. The highest BCUT2D eigenvalue weighted by molar-refractivity contribution is 9.10. The molecule has 0 aromatic heterocycles. The molecule has 0 spiro atoms. The van der Waals surface area contributed by atoms with Crippen LogP contribution >= 0.6 is 27.5 Å². The predicted molar refractivity (Wildman–Crippen MR) is 95.6 cm³/mol. The molecule has 8 heteroatoms. The third-order valence-corrected chi connectivity index (χ3v) is 4.83. The summed E-state index contributed by atoms with van der Waals surface area (Å²) < 4.78 is 32.8. The lowest BCUT2D eigenvalue weighted by Gasteiger charge is -2.33. The summed E-state index contributed by atoms with van der Waals surface area (Å²) in [5, 5.41) is 0.224. The molecule has 0 saturated carbocycles. The SMILES string of the molecule is N[C@@H]1Cc2ccc(Cl)c(Oc3cc(F)ccc3Br)c2N(CCF)C1=O. The maximum Gasteiger partial charge on any atom is 0.244 e. The Labute approximate surface area is 156 Å². The van der Waals surface area contributed by atoms with Crippen LogP contribution in [-0.2, 0) is 11.2 Å². The first-order valence-electron chi connectivity index (χ1n) is 7.49. The highest BCUT2D eigenvalue weighted by atomic mass is 79.9. The van der Waals surface area contributed by atoms with Crippen molar-refractivity contribution in [1.82, 2.24) is 0 Å². The van der Waals surface area contributed by atoms with Gasteiger partial charge < -0.3 is 15.4 Å². The number of anilines is 1. The zero-order valence-electron chi connectivity index (χ0n) is 12.9. The summed E-state index contributed by atoms with van der Waals surface area (Å²) >= 11 is 9.54. The summed E-state index contributed by atoms with van der Waals surface area (Å²) in [4.78, 5) is 13.6. The summed E-state index contributed by atoms with van der Waals surface area (Å²) in [5.74, 6) is -0.537. The molecule has 0 bridgehead atoms. The van der Waals surface area contributed by atoms with E-state index in [2.05, 4.69) is 15.9 Å². The van der Waals surface area contributed by atoms with Gasteiger partial charge in [0.05, 0.1) is 27.8 Å². The number of alkyl halides is 1. The molecule has 1 atom stereocenters. The Hall–Kier alpha value is -1.70. The fourth-order valence-corrected chi connectivity index (χ4v) is 3.27. The lowest BCUT2D eigenvalue weighted by molar-refractivity contribution is -0.120. The summed E-state index contributed by atoms with van der Waals surface area (Å²) in [6.07, 6.45) is 0.287. The van der Waals surface area contributed by atoms with Gasteiger partial charge in [-0.2, -0.15) is 0 Å². The predicted octanol–water partition coefficient (Wildman–Crippen LogP) is 4.22. The van der Waals surface area contributed by atoms with Crippen LogP contribution in [0, 0.1) is 5.82 Å². The third kappa shape index (κ3) is 3.49. The van der Waals surface area contributed by atoms with E-state index >= 15 is 0 Å². The average Bonchev–Trinajstić information content (AvgIpc) is 2.58. The van der Waals surface area contributed by atoms with E-state index in [1.165, 1.54) is 23.1 Å². The highest BCUT2D eigenvalue weighted by Crippen LogP contribution is 2.45. The number of carbonyl (C=O) groups is 1. The van der Waals surface area contributed by atoms with Crippen LogP contribution in [0.4, 0.5) is 14.5 Å². The maximum absolute atomic E-state index is 13.5. The first-order valence-corrected chi connectivity index (χ1v) is 8.66. The Bertz CT molecular complexity index is 835. The van der Waals surface area contributed by atoms with Crippen molar-refractivity contribution < 1.29 is 18.3 Å². The number of nitrogens with zero attached hydrogens (tertiary/aromatic N) is 1. The van der Waals surface area contributed by atoms with Crippen molar-refractivity contribution in [2.45, 2.75) is 12.5 Å². The highest BCUT2D eigenvalue weighted by Gasteiger charge is 2.34. The van der Waals surface area contributed by atoms with Crippen LogP contribution in [0.5, 0.6) is 11.5 Å². The Morgan fingerprint density at radius 2 is 2.12 bits per heavy atom. The van der Waals surface area contributed by atoms with Gasteiger partial charge in [0.15, 0.2) is 5.75 Å². The smallest absolute Gasteiger partial charge is 0.244 e. The maximum atomic E-state index is 13.5. The fourth-order valence-electron chi connectivity index (χ4n) is 2.75. The van der Waals surface area contributed by atoms with Gasteiger partial charge in [-0.15, -0.1) is 0 Å².